The van der Waals surface area contributed by atoms with Gasteiger partial charge in [0.15, 0.2) is 9.84 Å². The number of hydrogen-bond donors (Lipinski definition) is 1. The minimum absolute atomic E-state index is 0.215. The molecule has 0 bridgehead atoms. The molecule has 1 aromatic carbocycles. The molecule has 1 aromatic rings. The van der Waals surface area contributed by atoms with E-state index in [-0.39, 0.29) is 10.6 Å². The Morgan fingerprint density at radius 1 is 1.40 bits per heavy atom. The molecule has 0 radical (unpaired) electrons. The van der Waals surface area contributed by atoms with Crippen molar-refractivity contribution in [3.63, 3.8) is 0 Å². The van der Waals surface area contributed by atoms with Crippen LogP contribution in [0.5, 0.6) is 0 Å². The highest BCUT2D eigenvalue weighted by Crippen LogP contribution is 2.16. The van der Waals surface area contributed by atoms with Gasteiger partial charge in [-0.3, -0.25) is 0 Å². The van der Waals surface area contributed by atoms with Crippen molar-refractivity contribution in [2.75, 3.05) is 5.75 Å². The lowest BCUT2D eigenvalue weighted by Gasteiger charge is -2.18. The second-order valence-electron chi connectivity index (χ2n) is 3.63. The standard InChI is InChI=1S/C11H14O3S/c1-3-11(2,12)9-15(13,14)10-7-5-4-6-8-10/h3-8,12H,1,9H2,2H3. The molecule has 1 atom stereocenters. The van der Waals surface area contributed by atoms with Crippen LogP contribution in [0.15, 0.2) is 47.9 Å². The average molecular weight is 226 g/mol. The van der Waals surface area contributed by atoms with Gasteiger partial charge in [-0.2, -0.15) is 0 Å². The zero-order valence-corrected chi connectivity index (χ0v) is 9.37. The SMILES string of the molecule is C=CC(C)(O)CS(=O)(=O)c1ccccc1. The van der Waals surface area contributed by atoms with Crippen molar-refractivity contribution in [3.05, 3.63) is 43.0 Å². The first kappa shape index (κ1) is 11.9. The summed E-state index contributed by atoms with van der Waals surface area (Å²) in [6, 6.07) is 8.05. The minimum Gasteiger partial charge on any atom is -0.385 e. The number of rotatable bonds is 4. The summed E-state index contributed by atoms with van der Waals surface area (Å²) in [5.74, 6) is -0.354. The van der Waals surface area contributed by atoms with Gasteiger partial charge in [0.1, 0.15) is 0 Å². The van der Waals surface area contributed by atoms with Crippen LogP contribution >= 0.6 is 0 Å². The fourth-order valence-electron chi connectivity index (χ4n) is 1.15. The van der Waals surface area contributed by atoms with Crippen LogP contribution in [0.4, 0.5) is 0 Å². The first-order chi connectivity index (χ1) is 6.87. The molecule has 0 aliphatic rings. The maximum Gasteiger partial charge on any atom is 0.181 e. The molecular weight excluding hydrogens is 212 g/mol. The van der Waals surface area contributed by atoms with E-state index < -0.39 is 15.4 Å². The van der Waals surface area contributed by atoms with Crippen molar-refractivity contribution in [1.29, 1.82) is 0 Å². The van der Waals surface area contributed by atoms with E-state index in [1.54, 1.807) is 18.2 Å². The number of benzene rings is 1. The second kappa shape index (κ2) is 4.16. The molecular formula is C11H14O3S. The summed E-state index contributed by atoms with van der Waals surface area (Å²) >= 11 is 0. The van der Waals surface area contributed by atoms with E-state index in [9.17, 15) is 13.5 Å². The fourth-order valence-corrected chi connectivity index (χ4v) is 2.78. The second-order valence-corrected chi connectivity index (χ2v) is 5.62. The van der Waals surface area contributed by atoms with E-state index in [0.717, 1.165) is 0 Å². The summed E-state index contributed by atoms with van der Waals surface area (Å²) in [6.45, 7) is 4.81. The largest absolute Gasteiger partial charge is 0.385 e. The molecule has 0 spiro atoms. The topological polar surface area (TPSA) is 54.4 Å². The van der Waals surface area contributed by atoms with E-state index in [1.165, 1.54) is 25.1 Å². The monoisotopic (exact) mass is 226 g/mol. The van der Waals surface area contributed by atoms with Crippen LogP contribution < -0.4 is 0 Å². The molecule has 0 saturated carbocycles. The quantitative estimate of drug-likeness (QED) is 0.789. The third kappa shape index (κ3) is 3.18. The van der Waals surface area contributed by atoms with E-state index in [0.29, 0.717) is 0 Å². The molecule has 0 aliphatic heterocycles. The summed E-state index contributed by atoms with van der Waals surface area (Å²) in [5, 5.41) is 9.62. The van der Waals surface area contributed by atoms with E-state index in [2.05, 4.69) is 6.58 Å². The Kier molecular flexibility index (Phi) is 3.31. The van der Waals surface area contributed by atoms with Gasteiger partial charge in [-0.15, -0.1) is 6.58 Å². The van der Waals surface area contributed by atoms with Crippen molar-refractivity contribution in [2.45, 2.75) is 17.4 Å². The lowest BCUT2D eigenvalue weighted by Crippen LogP contribution is -2.31. The molecule has 0 amide bonds. The van der Waals surface area contributed by atoms with Gasteiger partial charge in [0.25, 0.3) is 0 Å². The molecule has 0 heterocycles. The Hall–Kier alpha value is -1.13. The van der Waals surface area contributed by atoms with Crippen LogP contribution in [0.1, 0.15) is 6.92 Å². The predicted molar refractivity (Wildman–Crippen MR) is 59.3 cm³/mol. The summed E-state index contributed by atoms with van der Waals surface area (Å²) in [4.78, 5) is 0.215. The van der Waals surface area contributed by atoms with Gasteiger partial charge in [-0.05, 0) is 19.1 Å². The molecule has 0 fully saturated rings. The highest BCUT2D eigenvalue weighted by molar-refractivity contribution is 7.91. The van der Waals surface area contributed by atoms with Gasteiger partial charge in [-0.25, -0.2) is 8.42 Å². The molecule has 0 aromatic heterocycles. The number of aliphatic hydroxyl groups is 1. The molecule has 0 saturated heterocycles. The summed E-state index contributed by atoms with van der Waals surface area (Å²) in [6.07, 6.45) is 1.23. The Labute approximate surface area is 90.0 Å². The van der Waals surface area contributed by atoms with Gasteiger partial charge < -0.3 is 5.11 Å². The van der Waals surface area contributed by atoms with Crippen molar-refractivity contribution < 1.29 is 13.5 Å². The summed E-state index contributed by atoms with van der Waals surface area (Å²) in [7, 11) is -3.45. The molecule has 1 rings (SSSR count). The van der Waals surface area contributed by atoms with Crippen LogP contribution in [-0.4, -0.2) is 24.9 Å². The third-order valence-corrected chi connectivity index (χ3v) is 3.98. The van der Waals surface area contributed by atoms with Crippen LogP contribution in [0.3, 0.4) is 0 Å². The van der Waals surface area contributed by atoms with Crippen LogP contribution in [0, 0.1) is 0 Å². The highest BCUT2D eigenvalue weighted by Gasteiger charge is 2.26. The van der Waals surface area contributed by atoms with Crippen molar-refractivity contribution >= 4 is 9.84 Å². The van der Waals surface area contributed by atoms with Crippen LogP contribution in [-0.2, 0) is 9.84 Å². The first-order valence-electron chi connectivity index (χ1n) is 4.51. The van der Waals surface area contributed by atoms with Gasteiger partial charge in [0.2, 0.25) is 0 Å². The molecule has 3 nitrogen and oxygen atoms in total. The molecule has 1 N–H and O–H groups in total. The highest BCUT2D eigenvalue weighted by atomic mass is 32.2. The lowest BCUT2D eigenvalue weighted by atomic mass is 10.1. The summed E-state index contributed by atoms with van der Waals surface area (Å²) in [5.41, 5.74) is -1.39. The Morgan fingerprint density at radius 3 is 2.40 bits per heavy atom. The van der Waals surface area contributed by atoms with Gasteiger partial charge in [0.05, 0.1) is 16.2 Å². The predicted octanol–water partition coefficient (Wildman–Crippen LogP) is 1.40. The smallest absolute Gasteiger partial charge is 0.181 e. The van der Waals surface area contributed by atoms with Crippen molar-refractivity contribution in [1.82, 2.24) is 0 Å². The van der Waals surface area contributed by atoms with Gasteiger partial charge in [-0.1, -0.05) is 24.3 Å². The average Bonchev–Trinajstić information content (AvgIpc) is 2.18. The number of hydrogen-bond acceptors (Lipinski definition) is 3. The van der Waals surface area contributed by atoms with Gasteiger partial charge in [0, 0.05) is 0 Å². The maximum atomic E-state index is 11.8. The molecule has 4 heteroatoms. The van der Waals surface area contributed by atoms with E-state index in [4.69, 9.17) is 0 Å². The Balaban J connectivity index is 3.01. The Morgan fingerprint density at radius 2 is 1.93 bits per heavy atom. The van der Waals surface area contributed by atoms with Gasteiger partial charge >= 0.3 is 0 Å². The molecule has 1 unspecified atom stereocenters. The third-order valence-electron chi connectivity index (χ3n) is 2.02. The molecule has 15 heavy (non-hydrogen) atoms. The summed E-state index contributed by atoms with van der Waals surface area (Å²) < 4.78 is 23.6. The zero-order chi connectivity index (χ0) is 11.5. The maximum absolute atomic E-state index is 11.8. The van der Waals surface area contributed by atoms with Crippen LogP contribution in [0.25, 0.3) is 0 Å². The Bertz CT molecular complexity index is 432. The van der Waals surface area contributed by atoms with E-state index >= 15 is 0 Å². The number of sulfone groups is 1. The minimum atomic E-state index is -3.45. The normalized spacial score (nSPS) is 15.6. The van der Waals surface area contributed by atoms with Crippen molar-refractivity contribution in [3.8, 4) is 0 Å². The van der Waals surface area contributed by atoms with Crippen LogP contribution in [0.2, 0.25) is 0 Å². The van der Waals surface area contributed by atoms with E-state index in [1.807, 2.05) is 0 Å². The lowest BCUT2D eigenvalue weighted by molar-refractivity contribution is 0.136. The zero-order valence-electron chi connectivity index (χ0n) is 8.55. The van der Waals surface area contributed by atoms with Crippen molar-refractivity contribution in [2.24, 2.45) is 0 Å². The molecule has 0 aliphatic carbocycles. The fraction of sp³-hybridized carbons (Fsp3) is 0.273. The first-order valence-corrected chi connectivity index (χ1v) is 6.16. The molecule has 82 valence electrons.